The van der Waals surface area contributed by atoms with Gasteiger partial charge in [0.05, 0.1) is 9.79 Å². The smallest absolute Gasteiger partial charge is 0.324 e. The van der Waals surface area contributed by atoms with Gasteiger partial charge >= 0.3 is 5.97 Å². The molecule has 0 radical (unpaired) electrons. The zero-order valence-corrected chi connectivity index (χ0v) is 19.6. The van der Waals surface area contributed by atoms with E-state index in [-0.39, 0.29) is 36.0 Å². The summed E-state index contributed by atoms with van der Waals surface area (Å²) in [7, 11) is -7.56. The fraction of sp³-hybridized carbons (Fsp3) is 0.333. The molecule has 1 atom stereocenters. The third-order valence-electron chi connectivity index (χ3n) is 5.05. The van der Waals surface area contributed by atoms with Crippen LogP contribution in [0.2, 0.25) is 0 Å². The minimum Gasteiger partial charge on any atom is -0.454 e. The number of nitrogens with zero attached hydrogens (tertiary/aromatic N) is 2. The molecule has 3 rings (SSSR count). The molecule has 1 amide bonds. The van der Waals surface area contributed by atoms with Crippen LogP contribution in [0.15, 0.2) is 70.5 Å². The van der Waals surface area contributed by atoms with Gasteiger partial charge in [-0.25, -0.2) is 16.8 Å². The van der Waals surface area contributed by atoms with E-state index in [2.05, 4.69) is 4.72 Å². The highest BCUT2D eigenvalue weighted by Crippen LogP contribution is 2.17. The van der Waals surface area contributed by atoms with Crippen molar-refractivity contribution in [2.24, 2.45) is 0 Å². The van der Waals surface area contributed by atoms with Gasteiger partial charge in [0.15, 0.2) is 6.61 Å². The van der Waals surface area contributed by atoms with E-state index >= 15 is 0 Å². The van der Waals surface area contributed by atoms with E-state index in [0.29, 0.717) is 0 Å². The van der Waals surface area contributed by atoms with Crippen molar-refractivity contribution in [1.29, 1.82) is 0 Å². The predicted octanol–water partition coefficient (Wildman–Crippen LogP) is 0.430. The Bertz CT molecular complexity index is 1180. The van der Waals surface area contributed by atoms with Gasteiger partial charge in [0.2, 0.25) is 20.0 Å². The number of esters is 1. The van der Waals surface area contributed by atoms with E-state index < -0.39 is 44.6 Å². The van der Waals surface area contributed by atoms with Gasteiger partial charge in [-0.2, -0.15) is 9.03 Å². The van der Waals surface area contributed by atoms with E-state index in [1.54, 1.807) is 36.4 Å². The minimum atomic E-state index is -3.92. The van der Waals surface area contributed by atoms with Crippen molar-refractivity contribution in [3.05, 3.63) is 60.7 Å². The number of nitrogens with one attached hydrogen (secondary N) is 1. The molecule has 1 saturated heterocycles. The van der Waals surface area contributed by atoms with Crippen molar-refractivity contribution >= 4 is 31.9 Å². The van der Waals surface area contributed by atoms with E-state index in [1.807, 2.05) is 0 Å². The van der Waals surface area contributed by atoms with Gasteiger partial charge in [-0.3, -0.25) is 9.59 Å². The lowest BCUT2D eigenvalue weighted by Gasteiger charge is -2.33. The summed E-state index contributed by atoms with van der Waals surface area (Å²) >= 11 is 0. The van der Waals surface area contributed by atoms with Gasteiger partial charge in [0, 0.05) is 26.2 Å². The molecule has 33 heavy (non-hydrogen) atoms. The van der Waals surface area contributed by atoms with Crippen LogP contribution < -0.4 is 4.72 Å². The maximum absolute atomic E-state index is 12.7. The van der Waals surface area contributed by atoms with Crippen molar-refractivity contribution in [1.82, 2.24) is 13.9 Å². The summed E-state index contributed by atoms with van der Waals surface area (Å²) in [5.41, 5.74) is 0. The number of amides is 1. The second-order valence-electron chi connectivity index (χ2n) is 7.36. The number of hydrogen-bond acceptors (Lipinski definition) is 7. The van der Waals surface area contributed by atoms with E-state index in [4.69, 9.17) is 4.74 Å². The molecule has 10 nitrogen and oxygen atoms in total. The van der Waals surface area contributed by atoms with Crippen LogP contribution in [0, 0.1) is 0 Å². The molecule has 0 unspecified atom stereocenters. The summed E-state index contributed by atoms with van der Waals surface area (Å²) in [6, 6.07) is 14.4. The quantitative estimate of drug-likeness (QED) is 0.526. The zero-order chi connectivity index (χ0) is 24.1. The van der Waals surface area contributed by atoms with E-state index in [9.17, 15) is 26.4 Å². The van der Waals surface area contributed by atoms with Gasteiger partial charge in [0.1, 0.15) is 6.04 Å². The summed E-state index contributed by atoms with van der Waals surface area (Å²) < 4.78 is 58.4. The number of sulfonamides is 2. The maximum Gasteiger partial charge on any atom is 0.324 e. The summed E-state index contributed by atoms with van der Waals surface area (Å²) in [6.07, 6.45) is 0. The largest absolute Gasteiger partial charge is 0.454 e. The first-order valence-electron chi connectivity index (χ1n) is 10.2. The Hall–Kier alpha value is -2.80. The van der Waals surface area contributed by atoms with Crippen molar-refractivity contribution in [2.45, 2.75) is 22.8 Å². The van der Waals surface area contributed by atoms with Crippen LogP contribution in [0.1, 0.15) is 6.92 Å². The van der Waals surface area contributed by atoms with Crippen LogP contribution in [0.4, 0.5) is 0 Å². The zero-order valence-electron chi connectivity index (χ0n) is 18.0. The first kappa shape index (κ1) is 24.8. The first-order valence-corrected chi connectivity index (χ1v) is 13.1. The molecule has 2 aromatic rings. The van der Waals surface area contributed by atoms with Crippen LogP contribution in [-0.2, 0) is 34.4 Å². The predicted molar refractivity (Wildman–Crippen MR) is 119 cm³/mol. The summed E-state index contributed by atoms with van der Waals surface area (Å²) in [4.78, 5) is 26.2. The Labute approximate surface area is 193 Å². The molecule has 1 N–H and O–H groups in total. The molecule has 178 valence electrons. The van der Waals surface area contributed by atoms with Gasteiger partial charge in [-0.15, -0.1) is 0 Å². The average molecular weight is 496 g/mol. The number of ether oxygens (including phenoxy) is 1. The van der Waals surface area contributed by atoms with Crippen molar-refractivity contribution < 1.29 is 31.2 Å². The summed E-state index contributed by atoms with van der Waals surface area (Å²) in [5, 5.41) is 0. The minimum absolute atomic E-state index is 0.00375. The number of carbonyl (C=O) groups is 2. The van der Waals surface area contributed by atoms with Gasteiger partial charge in [-0.1, -0.05) is 36.4 Å². The molecule has 0 saturated carbocycles. The molecule has 0 aromatic heterocycles. The Morgan fingerprint density at radius 3 is 1.94 bits per heavy atom. The molecule has 1 aliphatic heterocycles. The molecule has 0 bridgehead atoms. The summed E-state index contributed by atoms with van der Waals surface area (Å²) in [6.45, 7) is 1.29. The normalized spacial score (nSPS) is 16.2. The molecule has 1 fully saturated rings. The number of rotatable bonds is 8. The van der Waals surface area contributed by atoms with Gasteiger partial charge in [-0.05, 0) is 31.2 Å². The number of carbonyl (C=O) groups excluding carboxylic acids is 2. The van der Waals surface area contributed by atoms with E-state index in [1.165, 1.54) is 40.4 Å². The molecule has 2 aromatic carbocycles. The third-order valence-corrected chi connectivity index (χ3v) is 8.52. The van der Waals surface area contributed by atoms with Crippen LogP contribution in [0.5, 0.6) is 0 Å². The van der Waals surface area contributed by atoms with Crippen molar-refractivity contribution in [2.75, 3.05) is 32.8 Å². The fourth-order valence-electron chi connectivity index (χ4n) is 3.22. The Balaban J connectivity index is 1.48. The molecule has 0 spiro atoms. The molecular formula is C21H25N3O7S2. The van der Waals surface area contributed by atoms with Gasteiger partial charge < -0.3 is 9.64 Å². The summed E-state index contributed by atoms with van der Waals surface area (Å²) in [5.74, 6) is -1.38. The fourth-order valence-corrected chi connectivity index (χ4v) is 5.87. The average Bonchev–Trinajstić information content (AvgIpc) is 2.83. The highest BCUT2D eigenvalue weighted by molar-refractivity contribution is 7.89. The molecule has 1 aliphatic rings. The Morgan fingerprint density at radius 1 is 0.879 bits per heavy atom. The van der Waals surface area contributed by atoms with Crippen LogP contribution in [-0.4, -0.2) is 76.7 Å². The monoisotopic (exact) mass is 495 g/mol. The van der Waals surface area contributed by atoms with Crippen molar-refractivity contribution in [3.8, 4) is 0 Å². The van der Waals surface area contributed by atoms with Crippen LogP contribution in [0.25, 0.3) is 0 Å². The van der Waals surface area contributed by atoms with Crippen LogP contribution >= 0.6 is 0 Å². The number of piperazine rings is 1. The van der Waals surface area contributed by atoms with Crippen LogP contribution in [0.3, 0.4) is 0 Å². The van der Waals surface area contributed by atoms with Gasteiger partial charge in [0.25, 0.3) is 5.91 Å². The molecule has 12 heteroatoms. The lowest BCUT2D eigenvalue weighted by Crippen LogP contribution is -2.51. The lowest BCUT2D eigenvalue weighted by molar-refractivity contribution is -0.153. The van der Waals surface area contributed by atoms with E-state index in [0.717, 1.165) is 0 Å². The number of benzene rings is 2. The first-order chi connectivity index (χ1) is 15.6. The molecular weight excluding hydrogens is 470 g/mol. The standard InChI is InChI=1S/C21H25N3O7S2/c1-17(22-32(27,28)18-8-4-2-5-9-18)21(26)31-16-20(25)23-12-14-24(15-13-23)33(29,30)19-10-6-3-7-11-19/h2-11,17,22H,12-16H2,1H3/t17-/m0/s1. The molecule has 0 aliphatic carbocycles. The second-order valence-corrected chi connectivity index (χ2v) is 11.0. The van der Waals surface area contributed by atoms with Crippen molar-refractivity contribution in [3.63, 3.8) is 0 Å². The highest BCUT2D eigenvalue weighted by Gasteiger charge is 2.31. The Morgan fingerprint density at radius 2 is 1.39 bits per heavy atom. The third kappa shape index (κ3) is 6.16. The number of hydrogen-bond donors (Lipinski definition) is 1. The Kier molecular flexibility index (Phi) is 7.84. The maximum atomic E-state index is 12.7. The topological polar surface area (TPSA) is 130 Å². The second kappa shape index (κ2) is 10.4. The molecule has 1 heterocycles. The SMILES string of the molecule is C[C@H](NS(=O)(=O)c1ccccc1)C(=O)OCC(=O)N1CCN(S(=O)(=O)c2ccccc2)CC1. The highest BCUT2D eigenvalue weighted by atomic mass is 32.2. The lowest BCUT2D eigenvalue weighted by atomic mass is 10.3.